The first kappa shape index (κ1) is 21.1. The highest BCUT2D eigenvalue weighted by molar-refractivity contribution is 14.2. The summed E-state index contributed by atoms with van der Waals surface area (Å²) < 4.78 is 5.46. The molecule has 0 saturated heterocycles. The Hall–Kier alpha value is -0.900. The SMILES string of the molecule is C=Ic1cc(CCCCC)cc(O)c1C/C=C(\C)CCC=C(C)C. The molecule has 0 spiro atoms. The van der Waals surface area contributed by atoms with Crippen molar-refractivity contribution in [1.82, 2.24) is 0 Å². The highest BCUT2D eigenvalue weighted by Crippen LogP contribution is 2.29. The highest BCUT2D eigenvalue weighted by Gasteiger charge is 2.08. The summed E-state index contributed by atoms with van der Waals surface area (Å²) in [6.07, 6.45) is 12.3. The Morgan fingerprint density at radius 2 is 1.92 bits per heavy atom. The van der Waals surface area contributed by atoms with Gasteiger partial charge in [0, 0.05) is 9.13 Å². The fourth-order valence-electron chi connectivity index (χ4n) is 2.69. The first-order chi connectivity index (χ1) is 11.5. The molecule has 1 aromatic rings. The minimum absolute atomic E-state index is 0.267. The van der Waals surface area contributed by atoms with Crippen LogP contribution in [0.5, 0.6) is 5.75 Å². The van der Waals surface area contributed by atoms with Crippen molar-refractivity contribution in [2.24, 2.45) is 0 Å². The Kier molecular flexibility index (Phi) is 10.2. The van der Waals surface area contributed by atoms with Crippen LogP contribution in [0.25, 0.3) is 0 Å². The number of aromatic hydroxyl groups is 1. The van der Waals surface area contributed by atoms with Crippen molar-refractivity contribution >= 4 is 25.2 Å². The van der Waals surface area contributed by atoms with Crippen LogP contribution in [0.3, 0.4) is 0 Å². The molecule has 1 aromatic carbocycles. The minimum Gasteiger partial charge on any atom is -0.508 e. The molecule has 0 radical (unpaired) electrons. The van der Waals surface area contributed by atoms with E-state index in [0.717, 1.165) is 31.2 Å². The molecule has 1 nitrogen and oxygen atoms in total. The molecule has 0 unspecified atom stereocenters. The number of allylic oxidation sites excluding steroid dienone is 4. The maximum absolute atomic E-state index is 10.5. The molecule has 24 heavy (non-hydrogen) atoms. The molecule has 134 valence electrons. The zero-order valence-corrected chi connectivity index (χ0v) is 17.9. The van der Waals surface area contributed by atoms with Gasteiger partial charge < -0.3 is 5.11 Å². The average Bonchev–Trinajstić information content (AvgIpc) is 2.53. The summed E-state index contributed by atoms with van der Waals surface area (Å²) in [5, 5.41) is 10.5. The van der Waals surface area contributed by atoms with E-state index in [2.05, 4.69) is 50.4 Å². The second kappa shape index (κ2) is 11.6. The van der Waals surface area contributed by atoms with E-state index < -0.39 is 0 Å². The lowest BCUT2D eigenvalue weighted by molar-refractivity contribution is 0.468. The molecular formula is C22H33IO. The summed E-state index contributed by atoms with van der Waals surface area (Å²) in [6, 6.07) is 4.26. The van der Waals surface area contributed by atoms with E-state index in [9.17, 15) is 5.11 Å². The molecule has 0 aliphatic carbocycles. The topological polar surface area (TPSA) is 20.2 Å². The standard InChI is InChI=1S/C22H33IO/c1-6-7-8-12-19-15-21(23-5)20(22(24)16-19)14-13-18(4)11-9-10-17(2)3/h10,13,15-16,24H,5-9,11-12,14H2,1-4H3/b18-13+. The number of hydrogen-bond donors (Lipinski definition) is 1. The summed E-state index contributed by atoms with van der Waals surface area (Å²) in [5.41, 5.74) is 5.14. The van der Waals surface area contributed by atoms with Crippen LogP contribution in [0.15, 0.2) is 35.4 Å². The third-order valence-corrected chi connectivity index (χ3v) is 5.97. The predicted octanol–water partition coefficient (Wildman–Crippen LogP) is 6.93. The molecule has 2 heteroatoms. The number of phenolic OH excluding ortho intramolecular Hbond substituents is 1. The van der Waals surface area contributed by atoms with Crippen LogP contribution >= 0.6 is 20.7 Å². The minimum atomic E-state index is -0.267. The van der Waals surface area contributed by atoms with Gasteiger partial charge in [-0.15, -0.1) is 0 Å². The quantitative estimate of drug-likeness (QED) is 0.238. The number of hydrogen-bond acceptors (Lipinski definition) is 1. The van der Waals surface area contributed by atoms with E-state index >= 15 is 0 Å². The normalized spacial score (nSPS) is 11.6. The number of unbranched alkanes of at least 4 members (excludes halogenated alkanes) is 2. The zero-order chi connectivity index (χ0) is 17.9. The lowest BCUT2D eigenvalue weighted by Crippen LogP contribution is -1.94. The fourth-order valence-corrected chi connectivity index (χ4v) is 4.27. The van der Waals surface area contributed by atoms with E-state index in [4.69, 9.17) is 0 Å². The van der Waals surface area contributed by atoms with E-state index in [0.29, 0.717) is 5.75 Å². The fraction of sp³-hybridized carbons (Fsp3) is 0.500. The number of phenols is 1. The first-order valence-electron chi connectivity index (χ1n) is 9.00. The second-order valence-corrected chi connectivity index (χ2v) is 8.67. The molecule has 0 amide bonds. The highest BCUT2D eigenvalue weighted by atomic mass is 127. The lowest BCUT2D eigenvalue weighted by Gasteiger charge is -2.11. The Balaban J connectivity index is 2.79. The van der Waals surface area contributed by atoms with Gasteiger partial charge in [-0.2, -0.15) is 0 Å². The van der Waals surface area contributed by atoms with Gasteiger partial charge in [-0.05, 0) is 70.6 Å². The third kappa shape index (κ3) is 7.78. The number of benzene rings is 1. The van der Waals surface area contributed by atoms with Gasteiger partial charge in [0.1, 0.15) is 5.75 Å². The largest absolute Gasteiger partial charge is 0.508 e. The molecule has 0 fully saturated rings. The van der Waals surface area contributed by atoms with Crippen LogP contribution in [-0.4, -0.2) is 9.62 Å². The van der Waals surface area contributed by atoms with Gasteiger partial charge in [0.05, 0.1) is 0 Å². The Bertz CT molecular complexity index is 592. The first-order valence-corrected chi connectivity index (χ1v) is 11.6. The molecule has 0 heterocycles. The molecule has 1 N–H and O–H groups in total. The molecule has 0 saturated carbocycles. The van der Waals surface area contributed by atoms with Crippen molar-refractivity contribution < 1.29 is 5.11 Å². The Morgan fingerprint density at radius 3 is 2.54 bits per heavy atom. The predicted molar refractivity (Wildman–Crippen MR) is 117 cm³/mol. The summed E-state index contributed by atoms with van der Waals surface area (Å²) in [6.45, 7) is 8.69. The molecule has 0 aliphatic heterocycles. The van der Waals surface area contributed by atoms with Gasteiger partial charge in [0.15, 0.2) is 0 Å². The van der Waals surface area contributed by atoms with Crippen molar-refractivity contribution in [3.63, 3.8) is 0 Å². The van der Waals surface area contributed by atoms with E-state index in [-0.39, 0.29) is 20.7 Å². The Labute approximate surface area is 158 Å². The number of rotatable bonds is 10. The van der Waals surface area contributed by atoms with Gasteiger partial charge in [-0.3, -0.25) is 0 Å². The maximum atomic E-state index is 10.5. The smallest absolute Gasteiger partial charge is 0.120 e. The molecule has 1 rings (SSSR count). The van der Waals surface area contributed by atoms with E-state index in [1.807, 2.05) is 6.07 Å². The van der Waals surface area contributed by atoms with Crippen molar-refractivity contribution in [1.29, 1.82) is 0 Å². The third-order valence-electron chi connectivity index (χ3n) is 4.19. The van der Waals surface area contributed by atoms with Gasteiger partial charge in [-0.1, -0.05) is 68.3 Å². The van der Waals surface area contributed by atoms with Crippen LogP contribution < -0.4 is 0 Å². The summed E-state index contributed by atoms with van der Waals surface area (Å²) in [4.78, 5) is 0. The molecule has 0 aliphatic rings. The van der Waals surface area contributed by atoms with Crippen molar-refractivity contribution in [3.8, 4) is 5.75 Å². The van der Waals surface area contributed by atoms with Crippen LogP contribution in [-0.2, 0) is 12.8 Å². The zero-order valence-electron chi connectivity index (χ0n) is 15.8. The number of aryl methyl sites for hydroxylation is 1. The van der Waals surface area contributed by atoms with Gasteiger partial charge >= 0.3 is 0 Å². The summed E-state index contributed by atoms with van der Waals surface area (Å²) in [5.74, 6) is 0.468. The second-order valence-electron chi connectivity index (χ2n) is 6.74. The van der Waals surface area contributed by atoms with Gasteiger partial charge in [0.2, 0.25) is 0 Å². The van der Waals surface area contributed by atoms with Crippen LogP contribution in [0.2, 0.25) is 0 Å². The van der Waals surface area contributed by atoms with Crippen LogP contribution in [0, 0.1) is 3.57 Å². The molecular weight excluding hydrogens is 407 g/mol. The molecule has 0 atom stereocenters. The van der Waals surface area contributed by atoms with Crippen LogP contribution in [0.1, 0.15) is 70.9 Å². The monoisotopic (exact) mass is 440 g/mol. The lowest BCUT2D eigenvalue weighted by atomic mass is 10.0. The average molecular weight is 440 g/mol. The summed E-state index contributed by atoms with van der Waals surface area (Å²) in [7, 11) is 0. The van der Waals surface area contributed by atoms with Crippen LogP contribution in [0.4, 0.5) is 0 Å². The maximum Gasteiger partial charge on any atom is 0.120 e. The van der Waals surface area contributed by atoms with E-state index in [1.54, 1.807) is 0 Å². The van der Waals surface area contributed by atoms with Crippen molar-refractivity contribution in [2.75, 3.05) is 0 Å². The van der Waals surface area contributed by atoms with Crippen molar-refractivity contribution in [3.05, 3.63) is 50.1 Å². The van der Waals surface area contributed by atoms with Gasteiger partial charge in [-0.25, -0.2) is 0 Å². The number of halogens is 1. The Morgan fingerprint density at radius 1 is 1.17 bits per heavy atom. The van der Waals surface area contributed by atoms with Crippen molar-refractivity contribution in [2.45, 2.75) is 72.6 Å². The van der Waals surface area contributed by atoms with E-state index in [1.165, 1.54) is 39.5 Å². The van der Waals surface area contributed by atoms with Gasteiger partial charge in [0.25, 0.3) is 0 Å². The molecule has 0 aromatic heterocycles. The summed E-state index contributed by atoms with van der Waals surface area (Å²) >= 11 is -0.267. The molecule has 0 bridgehead atoms.